The van der Waals surface area contributed by atoms with Crippen LogP contribution in [0.4, 0.5) is 13.2 Å². The fourth-order valence-corrected chi connectivity index (χ4v) is 2.36. The number of nitrogens with zero attached hydrogens (tertiary/aromatic N) is 1. The van der Waals surface area contributed by atoms with E-state index in [2.05, 4.69) is 10.3 Å². The van der Waals surface area contributed by atoms with Crippen molar-refractivity contribution in [3.05, 3.63) is 89.7 Å². The number of hydrogen-bond acceptors (Lipinski definition) is 3. The van der Waals surface area contributed by atoms with Gasteiger partial charge in [0.2, 0.25) is 0 Å². The number of aromatic nitrogens is 1. The summed E-state index contributed by atoms with van der Waals surface area (Å²) in [4.78, 5) is 16.1. The third-order valence-corrected chi connectivity index (χ3v) is 3.69. The van der Waals surface area contributed by atoms with E-state index in [9.17, 15) is 18.0 Å². The molecule has 0 aliphatic rings. The van der Waals surface area contributed by atoms with Crippen LogP contribution < -0.4 is 10.1 Å². The lowest BCUT2D eigenvalue weighted by molar-refractivity contribution is -0.137. The Bertz CT molecular complexity index is 911. The van der Waals surface area contributed by atoms with E-state index in [0.717, 1.165) is 12.1 Å². The number of hydrogen-bond donors (Lipinski definition) is 1. The first kappa shape index (κ1) is 18.4. The highest BCUT2D eigenvalue weighted by atomic mass is 19.4. The van der Waals surface area contributed by atoms with Crippen molar-refractivity contribution in [3.8, 4) is 11.5 Å². The number of halogens is 3. The lowest BCUT2D eigenvalue weighted by Crippen LogP contribution is -2.22. The van der Waals surface area contributed by atoms with Gasteiger partial charge in [-0.15, -0.1) is 0 Å². The molecule has 3 rings (SSSR count). The van der Waals surface area contributed by atoms with Crippen molar-refractivity contribution in [2.24, 2.45) is 0 Å². The van der Waals surface area contributed by atoms with Crippen molar-refractivity contribution < 1.29 is 22.7 Å². The number of carbonyl (C=O) groups is 1. The van der Waals surface area contributed by atoms with Crippen molar-refractivity contribution >= 4 is 5.91 Å². The number of alkyl halides is 3. The first-order valence-electron chi connectivity index (χ1n) is 8.04. The van der Waals surface area contributed by atoms with Crippen LogP contribution in [0.3, 0.4) is 0 Å². The second-order valence-corrected chi connectivity index (χ2v) is 5.70. The first-order chi connectivity index (χ1) is 12.9. The molecule has 27 heavy (non-hydrogen) atoms. The highest BCUT2D eigenvalue weighted by molar-refractivity contribution is 5.94. The molecule has 1 heterocycles. The van der Waals surface area contributed by atoms with E-state index in [1.807, 2.05) is 0 Å². The van der Waals surface area contributed by atoms with Gasteiger partial charge in [-0.3, -0.25) is 9.78 Å². The molecular formula is C20H15F3N2O2. The Morgan fingerprint density at radius 2 is 1.78 bits per heavy atom. The van der Waals surface area contributed by atoms with Crippen LogP contribution in [-0.4, -0.2) is 10.9 Å². The molecular weight excluding hydrogens is 357 g/mol. The molecule has 0 saturated heterocycles. The third-order valence-electron chi connectivity index (χ3n) is 3.69. The second kappa shape index (κ2) is 7.90. The van der Waals surface area contributed by atoms with Crippen LogP contribution in [-0.2, 0) is 12.7 Å². The van der Waals surface area contributed by atoms with E-state index < -0.39 is 11.7 Å². The van der Waals surface area contributed by atoms with Gasteiger partial charge >= 0.3 is 6.18 Å². The van der Waals surface area contributed by atoms with Crippen LogP contribution in [0.2, 0.25) is 0 Å². The average molecular weight is 372 g/mol. The summed E-state index contributed by atoms with van der Waals surface area (Å²) in [6.45, 7) is -0.00328. The molecule has 2 aromatic carbocycles. The molecule has 3 aromatic rings. The minimum Gasteiger partial charge on any atom is -0.456 e. The van der Waals surface area contributed by atoms with E-state index in [-0.39, 0.29) is 12.5 Å². The molecule has 0 radical (unpaired) electrons. The maximum Gasteiger partial charge on any atom is 0.416 e. The zero-order valence-corrected chi connectivity index (χ0v) is 14.0. The predicted molar refractivity (Wildman–Crippen MR) is 93.4 cm³/mol. The highest BCUT2D eigenvalue weighted by Crippen LogP contribution is 2.29. The SMILES string of the molecule is O=C(NCc1cccc(C(F)(F)F)c1)c1ccc(Oc2cccnc2)cc1. The smallest absolute Gasteiger partial charge is 0.416 e. The zero-order valence-electron chi connectivity index (χ0n) is 14.0. The normalized spacial score (nSPS) is 11.1. The summed E-state index contributed by atoms with van der Waals surface area (Å²) in [6.07, 6.45) is -1.22. The van der Waals surface area contributed by atoms with E-state index in [1.54, 1.807) is 48.8 Å². The van der Waals surface area contributed by atoms with E-state index in [0.29, 0.717) is 22.6 Å². The van der Waals surface area contributed by atoms with Crippen molar-refractivity contribution in [2.45, 2.75) is 12.7 Å². The molecule has 0 spiro atoms. The molecule has 1 amide bonds. The van der Waals surface area contributed by atoms with Gasteiger partial charge in [0.25, 0.3) is 5.91 Å². The molecule has 0 fully saturated rings. The Kier molecular flexibility index (Phi) is 5.40. The first-order valence-corrected chi connectivity index (χ1v) is 8.04. The van der Waals surface area contributed by atoms with Crippen molar-refractivity contribution in [1.82, 2.24) is 10.3 Å². The Morgan fingerprint density at radius 3 is 2.44 bits per heavy atom. The quantitative estimate of drug-likeness (QED) is 0.698. The summed E-state index contributed by atoms with van der Waals surface area (Å²) < 4.78 is 43.8. The average Bonchev–Trinajstić information content (AvgIpc) is 2.67. The Labute approximate surface area is 153 Å². The number of carbonyl (C=O) groups excluding carboxylic acids is 1. The van der Waals surface area contributed by atoms with Gasteiger partial charge in [0.05, 0.1) is 11.8 Å². The highest BCUT2D eigenvalue weighted by Gasteiger charge is 2.30. The van der Waals surface area contributed by atoms with Crippen molar-refractivity contribution in [1.29, 1.82) is 0 Å². The van der Waals surface area contributed by atoms with Crippen LogP contribution in [0, 0.1) is 0 Å². The molecule has 4 nitrogen and oxygen atoms in total. The van der Waals surface area contributed by atoms with E-state index in [1.165, 1.54) is 12.1 Å². The standard InChI is InChI=1S/C20H15F3N2O2/c21-20(22,23)16-4-1-3-14(11-16)12-25-19(26)15-6-8-17(9-7-15)27-18-5-2-10-24-13-18/h1-11,13H,12H2,(H,25,26). The Balaban J connectivity index is 1.60. The molecule has 7 heteroatoms. The van der Waals surface area contributed by atoms with Crippen molar-refractivity contribution in [3.63, 3.8) is 0 Å². The minimum atomic E-state index is -4.41. The summed E-state index contributed by atoms with van der Waals surface area (Å²) in [7, 11) is 0. The molecule has 1 aromatic heterocycles. The summed E-state index contributed by atoms with van der Waals surface area (Å²) in [6, 6.07) is 14.8. The van der Waals surface area contributed by atoms with E-state index >= 15 is 0 Å². The third kappa shape index (κ3) is 5.07. The van der Waals surface area contributed by atoms with Crippen molar-refractivity contribution in [2.75, 3.05) is 0 Å². The Hall–Kier alpha value is -3.35. The number of benzene rings is 2. The van der Waals surface area contributed by atoms with Gasteiger partial charge in [-0.2, -0.15) is 13.2 Å². The van der Waals surface area contributed by atoms with Crippen LogP contribution in [0.15, 0.2) is 73.1 Å². The zero-order chi connectivity index (χ0) is 19.3. The van der Waals surface area contributed by atoms with Crippen LogP contribution in [0.5, 0.6) is 11.5 Å². The molecule has 0 aliphatic carbocycles. The van der Waals surface area contributed by atoms with Gasteiger partial charge in [-0.05, 0) is 54.1 Å². The number of pyridine rings is 1. The van der Waals surface area contributed by atoms with Crippen LogP contribution in [0.1, 0.15) is 21.5 Å². The van der Waals surface area contributed by atoms with Gasteiger partial charge in [0, 0.05) is 18.3 Å². The molecule has 138 valence electrons. The summed E-state index contributed by atoms with van der Waals surface area (Å²) in [5.74, 6) is 0.719. The predicted octanol–water partition coefficient (Wildman–Crippen LogP) is 4.82. The molecule has 1 N–H and O–H groups in total. The fraction of sp³-hybridized carbons (Fsp3) is 0.100. The van der Waals surface area contributed by atoms with Gasteiger partial charge in [0.15, 0.2) is 0 Å². The molecule has 0 saturated carbocycles. The van der Waals surface area contributed by atoms with Gasteiger partial charge in [-0.1, -0.05) is 12.1 Å². The minimum absolute atomic E-state index is 0.00328. The molecule has 0 unspecified atom stereocenters. The topological polar surface area (TPSA) is 51.2 Å². The fourth-order valence-electron chi connectivity index (χ4n) is 2.36. The van der Waals surface area contributed by atoms with Gasteiger partial charge in [-0.25, -0.2) is 0 Å². The number of ether oxygens (including phenoxy) is 1. The maximum absolute atomic E-state index is 12.7. The summed E-state index contributed by atoms with van der Waals surface area (Å²) in [5, 5.41) is 2.61. The van der Waals surface area contributed by atoms with E-state index in [4.69, 9.17) is 4.74 Å². The molecule has 0 bridgehead atoms. The molecule has 0 atom stereocenters. The maximum atomic E-state index is 12.7. The number of amides is 1. The summed E-state index contributed by atoms with van der Waals surface area (Å²) in [5.41, 5.74) is 0.00127. The lowest BCUT2D eigenvalue weighted by atomic mass is 10.1. The lowest BCUT2D eigenvalue weighted by Gasteiger charge is -2.10. The number of rotatable bonds is 5. The number of nitrogens with one attached hydrogen (secondary N) is 1. The van der Waals surface area contributed by atoms with Gasteiger partial charge in [0.1, 0.15) is 11.5 Å². The van der Waals surface area contributed by atoms with Gasteiger partial charge < -0.3 is 10.1 Å². The van der Waals surface area contributed by atoms with Crippen LogP contribution >= 0.6 is 0 Å². The monoisotopic (exact) mass is 372 g/mol. The molecule has 0 aliphatic heterocycles. The van der Waals surface area contributed by atoms with Crippen LogP contribution in [0.25, 0.3) is 0 Å². The largest absolute Gasteiger partial charge is 0.456 e. The Morgan fingerprint density at radius 1 is 1.00 bits per heavy atom. The second-order valence-electron chi connectivity index (χ2n) is 5.70. The summed E-state index contributed by atoms with van der Waals surface area (Å²) >= 11 is 0.